The zero-order chi connectivity index (χ0) is 38.4. The van der Waals surface area contributed by atoms with Gasteiger partial charge in [-0.25, -0.2) is 4.68 Å². The monoisotopic (exact) mass is 740 g/mol. The number of esters is 1. The molecule has 1 aromatic heterocycles. The summed E-state index contributed by atoms with van der Waals surface area (Å²) in [5, 5.41) is 25.0. The standard InChI is InChI=1S/C45H36N6O5/c1-2-25-46-42(53)37-39-43(54)56-40(30-15-7-4-8-16-30)38(29-13-5-3-6-14-29)51(39)41(31-20-22-32(52)23-21-31)45(37)33-27-28(19-24-34(33)47-44(45)55)12-11-26-50-36-18-10-9-17-35(36)48-49-50/h2-10,13-24,27,37-41,52H,1,25-26H2,(H,46,53)(H,47,55)/t37-,38-,39-,40+,41+,45-/m1/s1. The molecule has 0 radical (unpaired) electrons. The van der Waals surface area contributed by atoms with Crippen molar-refractivity contribution in [1.82, 2.24) is 25.2 Å². The van der Waals surface area contributed by atoms with Gasteiger partial charge in [0.15, 0.2) is 0 Å². The van der Waals surface area contributed by atoms with Crippen LogP contribution in [0.5, 0.6) is 5.75 Å². The number of hydrogen-bond acceptors (Lipinski definition) is 8. The molecule has 4 heterocycles. The highest BCUT2D eigenvalue weighted by Gasteiger charge is 2.74. The fraction of sp³-hybridized carbons (Fsp3) is 0.178. The number of benzene rings is 5. The molecule has 11 heteroatoms. The van der Waals surface area contributed by atoms with Crippen LogP contribution in [-0.4, -0.2) is 55.4 Å². The van der Waals surface area contributed by atoms with Crippen molar-refractivity contribution in [3.8, 4) is 17.6 Å². The largest absolute Gasteiger partial charge is 0.508 e. The first kappa shape index (κ1) is 34.7. The molecular weight excluding hydrogens is 705 g/mol. The smallest absolute Gasteiger partial charge is 0.324 e. The van der Waals surface area contributed by atoms with Crippen LogP contribution in [0.15, 0.2) is 140 Å². The molecule has 11 nitrogen and oxygen atoms in total. The Morgan fingerprint density at radius 1 is 0.893 bits per heavy atom. The zero-order valence-electron chi connectivity index (χ0n) is 30.1. The summed E-state index contributed by atoms with van der Waals surface area (Å²) in [6, 6.07) is 36.2. The Balaban J connectivity index is 1.27. The maximum Gasteiger partial charge on any atom is 0.324 e. The molecule has 3 aliphatic heterocycles. The van der Waals surface area contributed by atoms with Crippen molar-refractivity contribution in [2.24, 2.45) is 5.92 Å². The minimum Gasteiger partial charge on any atom is -0.508 e. The number of hydrogen-bond donors (Lipinski definition) is 3. The molecule has 6 atom stereocenters. The maximum absolute atomic E-state index is 15.2. The molecule has 2 fully saturated rings. The Labute approximate surface area is 322 Å². The van der Waals surface area contributed by atoms with Crippen LogP contribution < -0.4 is 10.6 Å². The fourth-order valence-electron chi connectivity index (χ4n) is 8.86. The van der Waals surface area contributed by atoms with Crippen LogP contribution >= 0.6 is 0 Å². The normalized spacial score (nSPS) is 23.8. The van der Waals surface area contributed by atoms with Crippen LogP contribution in [0.25, 0.3) is 11.0 Å². The Morgan fingerprint density at radius 3 is 2.36 bits per heavy atom. The van der Waals surface area contributed by atoms with Gasteiger partial charge in [0.1, 0.15) is 35.4 Å². The number of rotatable bonds is 7. The average Bonchev–Trinajstić information content (AvgIpc) is 3.88. The van der Waals surface area contributed by atoms with E-state index in [1.807, 2.05) is 102 Å². The van der Waals surface area contributed by atoms with Crippen molar-refractivity contribution < 1.29 is 24.2 Å². The Morgan fingerprint density at radius 2 is 1.61 bits per heavy atom. The molecule has 0 aliphatic carbocycles. The van der Waals surface area contributed by atoms with Crippen LogP contribution in [0, 0.1) is 17.8 Å². The molecule has 2 amide bonds. The number of fused-ring (bicyclic) bond motifs is 4. The van der Waals surface area contributed by atoms with Gasteiger partial charge in [0.25, 0.3) is 0 Å². The van der Waals surface area contributed by atoms with E-state index in [9.17, 15) is 14.7 Å². The predicted molar refractivity (Wildman–Crippen MR) is 209 cm³/mol. The number of cyclic esters (lactones) is 1. The van der Waals surface area contributed by atoms with Gasteiger partial charge in [-0.2, -0.15) is 0 Å². The van der Waals surface area contributed by atoms with E-state index in [1.54, 1.807) is 41.1 Å². The second-order valence-electron chi connectivity index (χ2n) is 14.1. The Bertz CT molecular complexity index is 2560. The summed E-state index contributed by atoms with van der Waals surface area (Å²) in [6.07, 6.45) is 0.768. The third-order valence-electron chi connectivity index (χ3n) is 11.1. The number of carbonyl (C=O) groups excluding carboxylic acids is 3. The lowest BCUT2D eigenvalue weighted by molar-refractivity contribution is -0.178. The fourth-order valence-corrected chi connectivity index (χ4v) is 8.86. The van der Waals surface area contributed by atoms with E-state index in [0.717, 1.165) is 22.2 Å². The van der Waals surface area contributed by atoms with Crippen LogP contribution in [0.2, 0.25) is 0 Å². The van der Waals surface area contributed by atoms with Crippen molar-refractivity contribution in [1.29, 1.82) is 0 Å². The number of phenolic OH excluding ortho intramolecular Hbond substituents is 1. The molecule has 276 valence electrons. The highest BCUT2D eigenvalue weighted by atomic mass is 16.6. The minimum absolute atomic E-state index is 0.0337. The summed E-state index contributed by atoms with van der Waals surface area (Å²) in [6.45, 7) is 4.17. The molecule has 5 aromatic carbocycles. The number of anilines is 1. The molecule has 3 N–H and O–H groups in total. The Kier molecular flexibility index (Phi) is 8.67. The number of nitrogens with one attached hydrogen (secondary N) is 2. The third-order valence-corrected chi connectivity index (χ3v) is 11.1. The van der Waals surface area contributed by atoms with Gasteiger partial charge in [-0.1, -0.05) is 108 Å². The van der Waals surface area contributed by atoms with E-state index in [1.165, 1.54) is 0 Å². The lowest BCUT2D eigenvalue weighted by Gasteiger charge is -2.46. The van der Waals surface area contributed by atoms with Gasteiger partial charge in [0.05, 0.1) is 23.5 Å². The van der Waals surface area contributed by atoms with Gasteiger partial charge in [-0.15, -0.1) is 11.7 Å². The van der Waals surface area contributed by atoms with E-state index in [-0.39, 0.29) is 18.8 Å². The van der Waals surface area contributed by atoms with Crippen molar-refractivity contribution in [2.75, 3.05) is 11.9 Å². The van der Waals surface area contributed by atoms with Crippen molar-refractivity contribution in [3.63, 3.8) is 0 Å². The highest BCUT2D eigenvalue weighted by Crippen LogP contribution is 2.64. The summed E-state index contributed by atoms with van der Waals surface area (Å²) >= 11 is 0. The van der Waals surface area contributed by atoms with Crippen LogP contribution in [0.1, 0.15) is 46.0 Å². The molecule has 9 rings (SSSR count). The SMILES string of the molecule is C=CCNC(=O)[C@H]1[C@@H]2C(=O)O[C@@H](c3ccccc3)[C@@H](c3ccccc3)N2[C@@H](c2ccc(O)cc2)[C@]12C(=O)Nc1ccc(C#CCn3nnc4ccccc43)cc12. The molecule has 2 saturated heterocycles. The number of para-hydroxylation sites is 1. The highest BCUT2D eigenvalue weighted by molar-refractivity contribution is 6.12. The third kappa shape index (κ3) is 5.53. The second kappa shape index (κ2) is 14.0. The van der Waals surface area contributed by atoms with Crippen molar-refractivity contribution in [3.05, 3.63) is 168 Å². The number of ether oxygens (including phenoxy) is 1. The van der Waals surface area contributed by atoms with Gasteiger partial charge in [0, 0.05) is 17.8 Å². The van der Waals surface area contributed by atoms with Crippen LogP contribution in [-0.2, 0) is 31.1 Å². The average molecular weight is 741 g/mol. The number of morpholine rings is 1. The maximum atomic E-state index is 15.2. The molecule has 1 spiro atoms. The van der Waals surface area contributed by atoms with Crippen LogP contribution in [0.3, 0.4) is 0 Å². The summed E-state index contributed by atoms with van der Waals surface area (Å²) in [5.74, 6) is 3.66. The molecular formula is C45H36N6O5. The quantitative estimate of drug-likeness (QED) is 0.107. The lowest BCUT2D eigenvalue weighted by atomic mass is 9.65. The van der Waals surface area contributed by atoms with Crippen molar-refractivity contribution in [2.45, 2.75) is 36.2 Å². The second-order valence-corrected chi connectivity index (χ2v) is 14.1. The predicted octanol–water partition coefficient (Wildman–Crippen LogP) is 5.76. The van der Waals surface area contributed by atoms with E-state index in [0.29, 0.717) is 22.4 Å². The number of aromatic nitrogens is 3. The number of aromatic hydroxyl groups is 1. The van der Waals surface area contributed by atoms with Gasteiger partial charge in [-0.3, -0.25) is 19.3 Å². The summed E-state index contributed by atoms with van der Waals surface area (Å²) in [7, 11) is 0. The molecule has 0 saturated carbocycles. The molecule has 6 aromatic rings. The minimum atomic E-state index is -1.67. The summed E-state index contributed by atoms with van der Waals surface area (Å²) < 4.78 is 8.14. The zero-order valence-corrected chi connectivity index (χ0v) is 30.1. The first-order chi connectivity index (χ1) is 27.4. The number of carbonyl (C=O) groups is 3. The first-order valence-corrected chi connectivity index (χ1v) is 18.4. The molecule has 0 bridgehead atoms. The van der Waals surface area contributed by atoms with E-state index in [4.69, 9.17) is 4.74 Å². The molecule has 3 aliphatic rings. The number of phenols is 1. The van der Waals surface area contributed by atoms with Crippen LogP contribution in [0.4, 0.5) is 5.69 Å². The first-order valence-electron chi connectivity index (χ1n) is 18.4. The van der Waals surface area contributed by atoms with E-state index in [2.05, 4.69) is 39.4 Å². The molecule has 0 unspecified atom stereocenters. The summed E-state index contributed by atoms with van der Waals surface area (Å²) in [4.78, 5) is 46.7. The van der Waals surface area contributed by atoms with Gasteiger partial charge < -0.3 is 20.5 Å². The lowest BCUT2D eigenvalue weighted by Crippen LogP contribution is -2.54. The van der Waals surface area contributed by atoms with Gasteiger partial charge in [-0.05, 0) is 64.7 Å². The van der Waals surface area contributed by atoms with Gasteiger partial charge in [0.2, 0.25) is 11.8 Å². The summed E-state index contributed by atoms with van der Waals surface area (Å²) in [5.41, 5.74) is 3.83. The molecule has 56 heavy (non-hydrogen) atoms. The van der Waals surface area contributed by atoms with Crippen molar-refractivity contribution >= 4 is 34.5 Å². The number of amides is 2. The number of nitrogens with zero attached hydrogens (tertiary/aromatic N) is 4. The topological polar surface area (TPSA) is 139 Å². The van der Waals surface area contributed by atoms with E-state index < -0.39 is 53.3 Å². The van der Waals surface area contributed by atoms with E-state index >= 15 is 4.79 Å². The van der Waals surface area contributed by atoms with Gasteiger partial charge >= 0.3 is 5.97 Å². The Hall–Kier alpha value is -7.03.